The summed E-state index contributed by atoms with van der Waals surface area (Å²) in [6.07, 6.45) is 3.93. The van der Waals surface area contributed by atoms with Gasteiger partial charge in [0.1, 0.15) is 13.2 Å². The monoisotopic (exact) mass is 323 g/mol. The molecule has 0 saturated carbocycles. The van der Waals surface area contributed by atoms with Crippen molar-refractivity contribution in [1.82, 2.24) is 0 Å². The molecule has 5 heteroatoms. The van der Waals surface area contributed by atoms with E-state index in [0.29, 0.717) is 6.54 Å². The molecule has 5 nitrogen and oxygen atoms in total. The van der Waals surface area contributed by atoms with Crippen molar-refractivity contribution in [3.05, 3.63) is 23.3 Å². The summed E-state index contributed by atoms with van der Waals surface area (Å²) in [5.74, 6) is -3.72. The second kappa shape index (κ2) is 8.29. The van der Waals surface area contributed by atoms with Gasteiger partial charge in [0.15, 0.2) is 0 Å². The van der Waals surface area contributed by atoms with Crippen LogP contribution in [0.1, 0.15) is 27.7 Å². The highest BCUT2D eigenvalue weighted by molar-refractivity contribution is 5.82. The van der Waals surface area contributed by atoms with E-state index in [4.69, 9.17) is 4.74 Å². The van der Waals surface area contributed by atoms with E-state index in [1.54, 1.807) is 0 Å². The minimum absolute atomic E-state index is 0.237. The Bertz CT molecular complexity index is 503. The zero-order chi connectivity index (χ0) is 17.7. The number of carboxylic acids is 1. The third kappa shape index (κ3) is 5.20. The Kier molecular flexibility index (Phi) is 7.01. The predicted octanol–water partition coefficient (Wildman–Crippen LogP) is -0.165. The van der Waals surface area contributed by atoms with Crippen LogP contribution in [0.15, 0.2) is 23.3 Å². The first-order valence-corrected chi connectivity index (χ1v) is 8.15. The van der Waals surface area contributed by atoms with E-state index >= 15 is 0 Å². The maximum atomic E-state index is 12.6. The fourth-order valence-electron chi connectivity index (χ4n) is 3.04. The summed E-state index contributed by atoms with van der Waals surface area (Å²) in [5.41, 5.74) is 2.02. The molecular weight excluding hydrogens is 294 g/mol. The van der Waals surface area contributed by atoms with E-state index in [9.17, 15) is 14.7 Å². The minimum atomic E-state index is -1.18. The average molecular weight is 323 g/mol. The van der Waals surface area contributed by atoms with Crippen molar-refractivity contribution in [3.63, 3.8) is 0 Å². The second-order valence-electron chi connectivity index (χ2n) is 7.02. The van der Waals surface area contributed by atoms with Crippen LogP contribution in [0.5, 0.6) is 0 Å². The molecule has 130 valence electrons. The van der Waals surface area contributed by atoms with Gasteiger partial charge in [0.25, 0.3) is 0 Å². The Morgan fingerprint density at radius 1 is 1.30 bits per heavy atom. The highest BCUT2D eigenvalue weighted by atomic mass is 16.5. The molecule has 0 saturated heterocycles. The maximum Gasteiger partial charge on any atom is 0.310 e. The molecule has 1 N–H and O–H groups in total. The molecule has 0 fully saturated rings. The van der Waals surface area contributed by atoms with E-state index in [0.717, 1.165) is 11.1 Å². The third-order valence-corrected chi connectivity index (χ3v) is 4.43. The minimum Gasteiger partial charge on any atom is -0.550 e. The number of ether oxygens (including phenoxy) is 1. The van der Waals surface area contributed by atoms with Crippen LogP contribution in [-0.2, 0) is 14.3 Å². The topological polar surface area (TPSA) is 70.9 Å². The number of rotatable bonds is 6. The molecule has 1 aliphatic carbocycles. The Hall–Kier alpha value is -1.62. The number of hydrogen-bond acceptors (Lipinski definition) is 4. The standard InChI is InChI=1S/C18H29NO4/c1-11(2)9-14-10-12(3)13(4)15(17(20)21)16(14)18(22)23-8-7-19(5)6/h9-10,13-16H,7-8H2,1-6H3,(H,20,21)/t13-,14-,15+,16-/m1/s1. The Balaban J connectivity index is 3.09. The number of nitrogens with one attached hydrogen (secondary N) is 1. The van der Waals surface area contributed by atoms with Gasteiger partial charge in [0, 0.05) is 17.8 Å². The van der Waals surface area contributed by atoms with Crippen LogP contribution in [0.4, 0.5) is 0 Å². The highest BCUT2D eigenvalue weighted by Crippen LogP contribution is 2.39. The van der Waals surface area contributed by atoms with Crippen molar-refractivity contribution < 1.29 is 24.3 Å². The largest absolute Gasteiger partial charge is 0.550 e. The molecule has 0 aromatic carbocycles. The number of hydrogen-bond donors (Lipinski definition) is 1. The molecule has 0 amide bonds. The Morgan fingerprint density at radius 2 is 1.91 bits per heavy atom. The van der Waals surface area contributed by atoms with Gasteiger partial charge in [-0.15, -0.1) is 0 Å². The van der Waals surface area contributed by atoms with Gasteiger partial charge in [-0.1, -0.05) is 30.2 Å². The lowest BCUT2D eigenvalue weighted by molar-refractivity contribution is -0.858. The third-order valence-electron chi connectivity index (χ3n) is 4.43. The molecule has 1 aliphatic rings. The van der Waals surface area contributed by atoms with Gasteiger partial charge in [-0.2, -0.15) is 0 Å². The molecule has 0 aromatic heterocycles. The molecule has 0 radical (unpaired) electrons. The van der Waals surface area contributed by atoms with Crippen LogP contribution in [0, 0.1) is 23.7 Å². The normalized spacial score (nSPS) is 27.3. The van der Waals surface area contributed by atoms with Crippen molar-refractivity contribution in [1.29, 1.82) is 0 Å². The lowest BCUT2D eigenvalue weighted by atomic mass is 9.67. The molecule has 0 aliphatic heterocycles. The van der Waals surface area contributed by atoms with E-state index in [2.05, 4.69) is 0 Å². The number of carboxylic acid groups (broad SMARTS) is 1. The van der Waals surface area contributed by atoms with E-state index in [1.165, 1.54) is 4.90 Å². The summed E-state index contributed by atoms with van der Waals surface area (Å²) < 4.78 is 5.36. The van der Waals surface area contributed by atoms with E-state index in [-0.39, 0.29) is 18.4 Å². The van der Waals surface area contributed by atoms with Crippen molar-refractivity contribution in [2.45, 2.75) is 27.7 Å². The molecule has 0 unspecified atom stereocenters. The van der Waals surface area contributed by atoms with Crippen LogP contribution in [0.2, 0.25) is 0 Å². The number of likely N-dealkylation sites (N-methyl/N-ethyl adjacent to an activating group) is 1. The number of allylic oxidation sites excluding steroid dienone is 4. The van der Waals surface area contributed by atoms with Crippen molar-refractivity contribution in [2.24, 2.45) is 23.7 Å². The summed E-state index contributed by atoms with van der Waals surface area (Å²) in [7, 11) is 3.94. The van der Waals surface area contributed by atoms with Gasteiger partial charge >= 0.3 is 5.97 Å². The summed E-state index contributed by atoms with van der Waals surface area (Å²) in [5, 5.41) is 11.7. The molecule has 1 rings (SSSR count). The second-order valence-corrected chi connectivity index (χ2v) is 7.02. The summed E-state index contributed by atoms with van der Waals surface area (Å²) in [4.78, 5) is 25.4. The van der Waals surface area contributed by atoms with E-state index < -0.39 is 23.8 Å². The van der Waals surface area contributed by atoms with Crippen LogP contribution < -0.4 is 10.0 Å². The molecule has 0 aromatic rings. The van der Waals surface area contributed by atoms with Gasteiger partial charge in [-0.25, -0.2) is 0 Å². The van der Waals surface area contributed by atoms with Gasteiger partial charge in [0.2, 0.25) is 0 Å². The lowest BCUT2D eigenvalue weighted by Gasteiger charge is -2.39. The summed E-state index contributed by atoms with van der Waals surface area (Å²) in [6, 6.07) is 0. The molecule has 23 heavy (non-hydrogen) atoms. The van der Waals surface area contributed by atoms with Gasteiger partial charge in [-0.05, 0) is 26.7 Å². The SMILES string of the molecule is CC(C)=C[C@@H]1C=C(C)[C@@H](C)[C@H](C(=O)[O-])[C@@H]1C(=O)OCC[NH+](C)C. The Morgan fingerprint density at radius 3 is 2.39 bits per heavy atom. The van der Waals surface area contributed by atoms with Crippen molar-refractivity contribution in [3.8, 4) is 0 Å². The van der Waals surface area contributed by atoms with Crippen molar-refractivity contribution in [2.75, 3.05) is 27.2 Å². The van der Waals surface area contributed by atoms with Crippen molar-refractivity contribution >= 4 is 11.9 Å². The molecule has 0 spiro atoms. The Labute approximate surface area is 139 Å². The number of carbonyl (C=O) groups is 2. The highest BCUT2D eigenvalue weighted by Gasteiger charge is 2.42. The molecular formula is C18H29NO4. The summed E-state index contributed by atoms with van der Waals surface area (Å²) >= 11 is 0. The number of carbonyl (C=O) groups excluding carboxylic acids is 2. The fraction of sp³-hybridized carbons (Fsp3) is 0.667. The van der Waals surface area contributed by atoms with Crippen LogP contribution in [-0.4, -0.2) is 39.2 Å². The maximum absolute atomic E-state index is 12.6. The number of esters is 1. The molecule has 0 heterocycles. The van der Waals surface area contributed by atoms with E-state index in [1.807, 2.05) is 53.9 Å². The molecule has 0 bridgehead atoms. The van der Waals surface area contributed by atoms with Gasteiger partial charge < -0.3 is 19.5 Å². The average Bonchev–Trinajstić information content (AvgIpc) is 2.40. The number of quaternary nitrogens is 1. The first-order valence-electron chi connectivity index (χ1n) is 8.15. The lowest BCUT2D eigenvalue weighted by Crippen LogP contribution is -3.06. The van der Waals surface area contributed by atoms with Gasteiger partial charge in [0.05, 0.1) is 20.0 Å². The van der Waals surface area contributed by atoms with Crippen LogP contribution >= 0.6 is 0 Å². The molecule has 4 atom stereocenters. The fourth-order valence-corrected chi connectivity index (χ4v) is 3.04. The zero-order valence-electron chi connectivity index (χ0n) is 15.0. The number of aliphatic carboxylic acids is 1. The smallest absolute Gasteiger partial charge is 0.310 e. The first-order chi connectivity index (χ1) is 10.6. The zero-order valence-corrected chi connectivity index (χ0v) is 15.0. The van der Waals surface area contributed by atoms with Crippen LogP contribution in [0.3, 0.4) is 0 Å². The van der Waals surface area contributed by atoms with Gasteiger partial charge in [-0.3, -0.25) is 4.79 Å². The summed E-state index contributed by atoms with van der Waals surface area (Å²) in [6.45, 7) is 8.58. The predicted molar refractivity (Wildman–Crippen MR) is 86.5 cm³/mol. The first kappa shape index (κ1) is 19.4. The van der Waals surface area contributed by atoms with Crippen LogP contribution in [0.25, 0.3) is 0 Å². The quantitative estimate of drug-likeness (QED) is 0.544.